The number of benzene rings is 2. The van der Waals surface area contributed by atoms with Crippen LogP contribution in [0.15, 0.2) is 54.6 Å². The molecule has 136 valence electrons. The smallest absolute Gasteiger partial charge is 0.256 e. The van der Waals surface area contributed by atoms with Gasteiger partial charge in [0.2, 0.25) is 0 Å². The largest absolute Gasteiger partial charge is 0.316 e. The first-order valence-corrected chi connectivity index (χ1v) is 9.85. The summed E-state index contributed by atoms with van der Waals surface area (Å²) in [5.41, 5.74) is 3.23. The summed E-state index contributed by atoms with van der Waals surface area (Å²) in [7, 11) is 0. The number of nitrogens with one attached hydrogen (secondary N) is 1. The van der Waals surface area contributed by atoms with Crippen LogP contribution in [0.1, 0.15) is 60.8 Å². The normalized spacial score (nSPS) is 28.2. The van der Waals surface area contributed by atoms with Crippen molar-refractivity contribution in [1.29, 1.82) is 0 Å². The van der Waals surface area contributed by atoms with E-state index in [-0.39, 0.29) is 12.1 Å². The molecule has 2 aromatic rings. The topological polar surface area (TPSA) is 32.3 Å². The fourth-order valence-electron chi connectivity index (χ4n) is 4.64. The van der Waals surface area contributed by atoms with E-state index in [0.717, 1.165) is 24.1 Å². The van der Waals surface area contributed by atoms with Crippen molar-refractivity contribution in [2.45, 2.75) is 51.9 Å². The van der Waals surface area contributed by atoms with Crippen LogP contribution in [0.25, 0.3) is 0 Å². The second-order valence-electron chi connectivity index (χ2n) is 7.90. The Labute approximate surface area is 156 Å². The first kappa shape index (κ1) is 17.3. The molecule has 0 radical (unpaired) electrons. The third kappa shape index (κ3) is 3.05. The van der Waals surface area contributed by atoms with Crippen LogP contribution < -0.4 is 5.32 Å². The molecular weight excluding hydrogens is 320 g/mol. The van der Waals surface area contributed by atoms with E-state index in [1.165, 1.54) is 18.4 Å². The highest BCUT2D eigenvalue weighted by molar-refractivity contribution is 5.99. The zero-order chi connectivity index (χ0) is 18.1. The van der Waals surface area contributed by atoms with Gasteiger partial charge >= 0.3 is 0 Å². The highest BCUT2D eigenvalue weighted by Crippen LogP contribution is 2.41. The second-order valence-corrected chi connectivity index (χ2v) is 7.90. The van der Waals surface area contributed by atoms with Gasteiger partial charge in [-0.05, 0) is 29.9 Å². The molecule has 0 bridgehead atoms. The summed E-state index contributed by atoms with van der Waals surface area (Å²) in [6, 6.07) is 18.8. The molecule has 1 heterocycles. The maximum Gasteiger partial charge on any atom is 0.256 e. The molecule has 2 aliphatic rings. The lowest BCUT2D eigenvalue weighted by Crippen LogP contribution is -2.49. The molecule has 1 N–H and O–H groups in total. The zero-order valence-corrected chi connectivity index (χ0v) is 15.7. The molecule has 0 aromatic heterocycles. The fraction of sp³-hybridized carbons (Fsp3) is 0.435. The van der Waals surface area contributed by atoms with Crippen molar-refractivity contribution >= 4 is 5.91 Å². The summed E-state index contributed by atoms with van der Waals surface area (Å²) in [4.78, 5) is 15.4. The summed E-state index contributed by atoms with van der Waals surface area (Å²) in [5, 5.41) is 3.67. The van der Waals surface area contributed by atoms with Crippen molar-refractivity contribution in [1.82, 2.24) is 10.2 Å². The molecular formula is C23H28N2O. The lowest BCUT2D eigenvalue weighted by atomic mass is 9.77. The molecule has 0 spiro atoms. The van der Waals surface area contributed by atoms with Gasteiger partial charge in [0.15, 0.2) is 0 Å². The summed E-state index contributed by atoms with van der Waals surface area (Å²) >= 11 is 0. The SMILES string of the molecule is C[C@H]1[C@H](C)CCC[C@@H]1N1C(=O)c2ccccc2[C@H]1NCc1ccccc1. The number of amides is 1. The van der Waals surface area contributed by atoms with Gasteiger partial charge in [-0.25, -0.2) is 0 Å². The van der Waals surface area contributed by atoms with Gasteiger partial charge in [-0.2, -0.15) is 0 Å². The molecule has 4 rings (SSSR count). The van der Waals surface area contributed by atoms with Gasteiger partial charge in [-0.1, -0.05) is 75.2 Å². The number of hydrogen-bond acceptors (Lipinski definition) is 2. The molecule has 1 aliphatic carbocycles. The van der Waals surface area contributed by atoms with Crippen LogP contribution in [-0.4, -0.2) is 16.8 Å². The molecule has 0 saturated heterocycles. The third-order valence-corrected chi connectivity index (χ3v) is 6.36. The Morgan fingerprint density at radius 1 is 1.00 bits per heavy atom. The number of carbonyl (C=O) groups excluding carboxylic acids is 1. The summed E-state index contributed by atoms with van der Waals surface area (Å²) < 4.78 is 0. The fourth-order valence-corrected chi connectivity index (χ4v) is 4.64. The molecule has 1 aliphatic heterocycles. The standard InChI is InChI=1S/C23H28N2O/c1-16-9-8-14-21(17(16)2)25-22(24-15-18-10-4-3-5-11-18)19-12-6-7-13-20(19)23(25)26/h3-7,10-13,16-17,21-22,24H,8-9,14-15H2,1-2H3/t16-,17+,21+,22+/m1/s1. The minimum absolute atomic E-state index is 0.0309. The molecule has 0 unspecified atom stereocenters. The number of fused-ring (bicyclic) bond motifs is 1. The number of carbonyl (C=O) groups is 1. The van der Waals surface area contributed by atoms with Crippen LogP contribution in [0.3, 0.4) is 0 Å². The van der Waals surface area contributed by atoms with Gasteiger partial charge in [0.1, 0.15) is 6.17 Å². The van der Waals surface area contributed by atoms with Crippen molar-refractivity contribution in [3.63, 3.8) is 0 Å². The summed E-state index contributed by atoms with van der Waals surface area (Å²) in [6.07, 6.45) is 3.56. The van der Waals surface area contributed by atoms with E-state index in [4.69, 9.17) is 0 Å². The van der Waals surface area contributed by atoms with E-state index >= 15 is 0 Å². The summed E-state index contributed by atoms with van der Waals surface area (Å²) in [5.74, 6) is 1.39. The van der Waals surface area contributed by atoms with Crippen LogP contribution >= 0.6 is 0 Å². The summed E-state index contributed by atoms with van der Waals surface area (Å²) in [6.45, 7) is 5.41. The highest BCUT2D eigenvalue weighted by Gasteiger charge is 2.43. The van der Waals surface area contributed by atoms with Crippen LogP contribution in [-0.2, 0) is 6.54 Å². The third-order valence-electron chi connectivity index (χ3n) is 6.36. The molecule has 3 heteroatoms. The Morgan fingerprint density at radius 2 is 1.73 bits per heavy atom. The number of hydrogen-bond donors (Lipinski definition) is 1. The molecule has 2 aromatic carbocycles. The quantitative estimate of drug-likeness (QED) is 0.864. The minimum Gasteiger partial charge on any atom is -0.316 e. The van der Waals surface area contributed by atoms with Gasteiger partial charge in [-0.3, -0.25) is 10.1 Å². The number of rotatable bonds is 4. The van der Waals surface area contributed by atoms with Crippen molar-refractivity contribution < 1.29 is 4.79 Å². The van der Waals surface area contributed by atoms with Crippen molar-refractivity contribution in [3.8, 4) is 0 Å². The van der Waals surface area contributed by atoms with Crippen molar-refractivity contribution in [2.75, 3.05) is 0 Å². The van der Waals surface area contributed by atoms with Crippen molar-refractivity contribution in [2.24, 2.45) is 11.8 Å². The lowest BCUT2D eigenvalue weighted by molar-refractivity contribution is 0.0317. The average molecular weight is 348 g/mol. The lowest BCUT2D eigenvalue weighted by Gasteiger charge is -2.42. The van der Waals surface area contributed by atoms with Crippen LogP contribution in [0, 0.1) is 11.8 Å². The monoisotopic (exact) mass is 348 g/mol. The Kier molecular flexibility index (Phi) is 4.82. The maximum atomic E-state index is 13.3. The molecule has 1 fully saturated rings. The maximum absolute atomic E-state index is 13.3. The number of nitrogens with zero attached hydrogens (tertiary/aromatic N) is 1. The Hall–Kier alpha value is -2.13. The molecule has 4 atom stereocenters. The molecule has 26 heavy (non-hydrogen) atoms. The van der Waals surface area contributed by atoms with Crippen LogP contribution in [0.2, 0.25) is 0 Å². The molecule has 1 saturated carbocycles. The van der Waals surface area contributed by atoms with Gasteiger partial charge in [0, 0.05) is 23.7 Å². The van der Waals surface area contributed by atoms with Gasteiger partial charge in [0.05, 0.1) is 0 Å². The van der Waals surface area contributed by atoms with Gasteiger partial charge < -0.3 is 4.90 Å². The zero-order valence-electron chi connectivity index (χ0n) is 15.7. The van der Waals surface area contributed by atoms with Crippen LogP contribution in [0.4, 0.5) is 0 Å². The van der Waals surface area contributed by atoms with E-state index in [9.17, 15) is 4.79 Å². The Bertz CT molecular complexity index is 773. The van der Waals surface area contributed by atoms with Crippen LogP contribution in [0.5, 0.6) is 0 Å². The second kappa shape index (κ2) is 7.24. The molecule has 3 nitrogen and oxygen atoms in total. The Morgan fingerprint density at radius 3 is 2.54 bits per heavy atom. The highest BCUT2D eigenvalue weighted by atomic mass is 16.2. The van der Waals surface area contributed by atoms with E-state index < -0.39 is 0 Å². The Balaban J connectivity index is 1.63. The predicted octanol–water partition coefficient (Wildman–Crippen LogP) is 4.76. The van der Waals surface area contributed by atoms with E-state index in [1.54, 1.807) is 0 Å². The van der Waals surface area contributed by atoms with E-state index in [0.29, 0.717) is 17.9 Å². The van der Waals surface area contributed by atoms with E-state index in [2.05, 4.69) is 54.4 Å². The molecule has 1 amide bonds. The van der Waals surface area contributed by atoms with E-state index in [1.807, 2.05) is 24.3 Å². The average Bonchev–Trinajstić information content (AvgIpc) is 2.95. The first-order valence-electron chi connectivity index (χ1n) is 9.85. The van der Waals surface area contributed by atoms with Gasteiger partial charge in [-0.15, -0.1) is 0 Å². The first-order chi connectivity index (χ1) is 12.7. The van der Waals surface area contributed by atoms with Crippen molar-refractivity contribution in [3.05, 3.63) is 71.3 Å². The minimum atomic E-state index is -0.0309. The predicted molar refractivity (Wildman–Crippen MR) is 105 cm³/mol. The van der Waals surface area contributed by atoms with Gasteiger partial charge in [0.25, 0.3) is 5.91 Å².